The molecular formula is C12H6Cl3N5O. The lowest BCUT2D eigenvalue weighted by Crippen LogP contribution is -2.05. The third kappa shape index (κ3) is 3.41. The largest absolute Gasteiger partial charge is 0.424 e. The van der Waals surface area contributed by atoms with Crippen LogP contribution in [0.3, 0.4) is 0 Å². The van der Waals surface area contributed by atoms with Gasteiger partial charge in [0.05, 0.1) is 0 Å². The van der Waals surface area contributed by atoms with E-state index in [-0.39, 0.29) is 17.2 Å². The molecule has 0 amide bonds. The van der Waals surface area contributed by atoms with Crippen LogP contribution in [-0.2, 0) is 0 Å². The van der Waals surface area contributed by atoms with E-state index in [4.69, 9.17) is 39.5 Å². The van der Waals surface area contributed by atoms with E-state index in [9.17, 15) is 0 Å². The molecule has 0 aliphatic carbocycles. The topological polar surface area (TPSA) is 65.7 Å². The summed E-state index contributed by atoms with van der Waals surface area (Å²) in [5.74, 6) is 0.629. The third-order valence-corrected chi connectivity index (χ3v) is 2.94. The van der Waals surface area contributed by atoms with E-state index < -0.39 is 0 Å². The SMILES string of the molecule is Clc1cc(Cl)cc(Oc2nc(Cl)nc(-n3cccn3)n2)c1. The summed E-state index contributed by atoms with van der Waals surface area (Å²) in [6, 6.07) is 6.50. The van der Waals surface area contributed by atoms with Gasteiger partial charge < -0.3 is 4.74 Å². The minimum atomic E-state index is -0.0152. The minimum absolute atomic E-state index is 0.0128. The molecule has 0 aliphatic heterocycles. The van der Waals surface area contributed by atoms with Crippen molar-refractivity contribution in [3.05, 3.63) is 52.0 Å². The Kier molecular flexibility index (Phi) is 3.92. The highest BCUT2D eigenvalue weighted by molar-refractivity contribution is 6.34. The van der Waals surface area contributed by atoms with Crippen molar-refractivity contribution in [3.8, 4) is 17.7 Å². The molecular weight excluding hydrogens is 337 g/mol. The van der Waals surface area contributed by atoms with Gasteiger partial charge in [-0.1, -0.05) is 23.2 Å². The number of benzene rings is 1. The zero-order valence-electron chi connectivity index (χ0n) is 10.2. The fraction of sp³-hybridized carbons (Fsp3) is 0. The zero-order chi connectivity index (χ0) is 14.8. The number of halogens is 3. The van der Waals surface area contributed by atoms with Gasteiger partial charge in [0.2, 0.25) is 5.28 Å². The van der Waals surface area contributed by atoms with Crippen molar-refractivity contribution in [2.24, 2.45) is 0 Å². The molecule has 0 unspecified atom stereocenters. The maximum atomic E-state index is 5.90. The lowest BCUT2D eigenvalue weighted by Gasteiger charge is -2.06. The first kappa shape index (κ1) is 14.1. The van der Waals surface area contributed by atoms with Gasteiger partial charge in [-0.3, -0.25) is 0 Å². The minimum Gasteiger partial charge on any atom is -0.424 e. The highest BCUT2D eigenvalue weighted by Crippen LogP contribution is 2.27. The molecule has 0 atom stereocenters. The fourth-order valence-electron chi connectivity index (χ4n) is 1.55. The third-order valence-electron chi connectivity index (χ3n) is 2.33. The van der Waals surface area contributed by atoms with E-state index in [0.29, 0.717) is 15.8 Å². The van der Waals surface area contributed by atoms with Crippen molar-refractivity contribution in [3.63, 3.8) is 0 Å². The molecule has 21 heavy (non-hydrogen) atoms. The molecule has 6 nitrogen and oxygen atoms in total. The Morgan fingerprint density at radius 2 is 1.71 bits per heavy atom. The predicted octanol–water partition coefficient (Wildman–Crippen LogP) is 3.81. The molecule has 3 aromatic rings. The molecule has 0 aliphatic rings. The van der Waals surface area contributed by atoms with E-state index in [1.807, 2.05) is 0 Å². The van der Waals surface area contributed by atoms with Crippen LogP contribution in [0.1, 0.15) is 0 Å². The quantitative estimate of drug-likeness (QED) is 0.724. The summed E-state index contributed by atoms with van der Waals surface area (Å²) < 4.78 is 6.94. The molecule has 0 saturated carbocycles. The summed E-state index contributed by atoms with van der Waals surface area (Å²) in [4.78, 5) is 12.0. The lowest BCUT2D eigenvalue weighted by atomic mass is 10.3. The zero-order valence-corrected chi connectivity index (χ0v) is 12.5. The second kappa shape index (κ2) is 5.85. The Labute approximate surface area is 134 Å². The monoisotopic (exact) mass is 341 g/mol. The van der Waals surface area contributed by atoms with Gasteiger partial charge in [0.25, 0.3) is 5.95 Å². The standard InChI is InChI=1S/C12H6Cl3N5O/c13-7-4-8(14)6-9(5-7)21-12-18-10(15)17-11(19-12)20-3-1-2-16-20/h1-6H. The van der Waals surface area contributed by atoms with Crippen molar-refractivity contribution in [2.75, 3.05) is 0 Å². The fourth-order valence-corrected chi connectivity index (χ4v) is 2.20. The van der Waals surface area contributed by atoms with Gasteiger partial charge in [-0.2, -0.15) is 20.1 Å². The maximum Gasteiger partial charge on any atom is 0.328 e. The first-order chi connectivity index (χ1) is 10.1. The lowest BCUT2D eigenvalue weighted by molar-refractivity contribution is 0.437. The highest BCUT2D eigenvalue weighted by atomic mass is 35.5. The number of hydrogen-bond acceptors (Lipinski definition) is 5. The van der Waals surface area contributed by atoms with Crippen LogP contribution in [0.5, 0.6) is 11.8 Å². The number of nitrogens with zero attached hydrogens (tertiary/aromatic N) is 5. The van der Waals surface area contributed by atoms with Crippen molar-refractivity contribution < 1.29 is 4.74 Å². The van der Waals surface area contributed by atoms with Crippen molar-refractivity contribution in [1.82, 2.24) is 24.7 Å². The summed E-state index contributed by atoms with van der Waals surface area (Å²) in [7, 11) is 0. The smallest absolute Gasteiger partial charge is 0.328 e. The number of ether oxygens (including phenoxy) is 1. The molecule has 9 heteroatoms. The second-order valence-electron chi connectivity index (χ2n) is 3.84. The second-order valence-corrected chi connectivity index (χ2v) is 5.06. The van der Waals surface area contributed by atoms with Gasteiger partial charge in [0, 0.05) is 22.4 Å². The number of rotatable bonds is 3. The summed E-state index contributed by atoms with van der Waals surface area (Å²) in [6.45, 7) is 0. The van der Waals surface area contributed by atoms with Crippen LogP contribution in [0.4, 0.5) is 0 Å². The molecule has 2 aromatic heterocycles. The molecule has 0 saturated heterocycles. The Bertz CT molecular complexity index is 758. The first-order valence-corrected chi connectivity index (χ1v) is 6.79. The van der Waals surface area contributed by atoms with Crippen molar-refractivity contribution in [2.45, 2.75) is 0 Å². The van der Waals surface area contributed by atoms with E-state index in [1.165, 1.54) is 4.68 Å². The van der Waals surface area contributed by atoms with Crippen LogP contribution in [0, 0.1) is 0 Å². The molecule has 0 bridgehead atoms. The Morgan fingerprint density at radius 1 is 0.952 bits per heavy atom. The molecule has 106 valence electrons. The summed E-state index contributed by atoms with van der Waals surface area (Å²) >= 11 is 17.7. The number of aromatic nitrogens is 5. The first-order valence-electron chi connectivity index (χ1n) is 5.66. The van der Waals surface area contributed by atoms with Gasteiger partial charge in [0.15, 0.2) is 0 Å². The molecule has 0 fully saturated rings. The molecule has 2 heterocycles. The van der Waals surface area contributed by atoms with Gasteiger partial charge in [-0.25, -0.2) is 4.68 Å². The van der Waals surface area contributed by atoms with Crippen LogP contribution in [0.15, 0.2) is 36.7 Å². The summed E-state index contributed by atoms with van der Waals surface area (Å²) in [5.41, 5.74) is 0. The normalized spacial score (nSPS) is 10.6. The van der Waals surface area contributed by atoms with Crippen LogP contribution < -0.4 is 4.74 Å². The maximum absolute atomic E-state index is 5.90. The predicted molar refractivity (Wildman–Crippen MR) is 78.5 cm³/mol. The average Bonchev–Trinajstić information content (AvgIpc) is 2.90. The average molecular weight is 343 g/mol. The van der Waals surface area contributed by atoms with Crippen LogP contribution in [0.25, 0.3) is 5.95 Å². The van der Waals surface area contributed by atoms with Crippen LogP contribution in [-0.4, -0.2) is 24.7 Å². The van der Waals surface area contributed by atoms with Crippen LogP contribution >= 0.6 is 34.8 Å². The Hall–Kier alpha value is -1.89. The van der Waals surface area contributed by atoms with Crippen molar-refractivity contribution >= 4 is 34.8 Å². The Balaban J connectivity index is 1.95. The van der Waals surface area contributed by atoms with Gasteiger partial charge >= 0.3 is 6.01 Å². The molecule has 0 radical (unpaired) electrons. The summed E-state index contributed by atoms with van der Waals surface area (Å²) in [6.07, 6.45) is 3.26. The molecule has 3 rings (SSSR count). The van der Waals surface area contributed by atoms with E-state index >= 15 is 0 Å². The molecule has 0 N–H and O–H groups in total. The Morgan fingerprint density at radius 3 is 2.38 bits per heavy atom. The van der Waals surface area contributed by atoms with Gasteiger partial charge in [-0.05, 0) is 35.9 Å². The van der Waals surface area contributed by atoms with E-state index in [0.717, 1.165) is 0 Å². The summed E-state index contributed by atoms with van der Waals surface area (Å²) in [5, 5.41) is 4.87. The molecule has 0 spiro atoms. The van der Waals surface area contributed by atoms with Crippen molar-refractivity contribution in [1.29, 1.82) is 0 Å². The molecule has 1 aromatic carbocycles. The highest BCUT2D eigenvalue weighted by Gasteiger charge is 2.10. The van der Waals surface area contributed by atoms with E-state index in [1.54, 1.807) is 36.7 Å². The van der Waals surface area contributed by atoms with E-state index in [2.05, 4.69) is 20.1 Å². The van der Waals surface area contributed by atoms with Gasteiger partial charge in [0.1, 0.15) is 5.75 Å². The number of hydrogen-bond donors (Lipinski definition) is 0. The van der Waals surface area contributed by atoms with Crippen LogP contribution in [0.2, 0.25) is 15.3 Å². The van der Waals surface area contributed by atoms with Gasteiger partial charge in [-0.15, -0.1) is 0 Å².